The molecule has 0 aliphatic heterocycles. The van der Waals surface area contributed by atoms with Gasteiger partial charge in [-0.25, -0.2) is 0 Å². The largest absolute Gasteiger partial charge is 0.463 e. The van der Waals surface area contributed by atoms with Gasteiger partial charge in [0.1, 0.15) is 6.10 Å². The predicted molar refractivity (Wildman–Crippen MR) is 126 cm³/mol. The molecule has 0 aromatic heterocycles. The van der Waals surface area contributed by atoms with Crippen LogP contribution in [0.2, 0.25) is 0 Å². The van der Waals surface area contributed by atoms with Crippen LogP contribution < -0.4 is 0 Å². The highest BCUT2D eigenvalue weighted by molar-refractivity contribution is 6.05. The highest BCUT2D eigenvalue weighted by atomic mass is 16.5. The molecule has 4 saturated carbocycles. The zero-order valence-corrected chi connectivity index (χ0v) is 19.9. The molecule has 3 nitrogen and oxygen atoms in total. The van der Waals surface area contributed by atoms with E-state index in [1.165, 1.54) is 44.1 Å². The standard InChI is InChI=1S/C29H38O3/c1-19(30)32-23-13-15-28(2)21(17-23)9-11-24-25-12-10-22(29(25,3)16-14-26(24)28)18-27(31)20-7-5-4-6-8-20/h4-8,18,21,23-26H,9-17H2,1-3H3/b22-18+/t21-,23-,24-,25-,26-,28-,29+/m0/s1. The number of rotatable bonds is 3. The Bertz CT molecular complexity index is 918. The van der Waals surface area contributed by atoms with Crippen molar-refractivity contribution in [2.75, 3.05) is 0 Å². The first kappa shape index (κ1) is 21.9. The Hall–Kier alpha value is -1.90. The van der Waals surface area contributed by atoms with E-state index < -0.39 is 0 Å². The lowest BCUT2D eigenvalue weighted by Gasteiger charge is -2.60. The van der Waals surface area contributed by atoms with Crippen LogP contribution in [0, 0.1) is 34.5 Å². The Morgan fingerprint density at radius 2 is 1.75 bits per heavy atom. The van der Waals surface area contributed by atoms with Gasteiger partial charge < -0.3 is 4.74 Å². The van der Waals surface area contributed by atoms with E-state index in [2.05, 4.69) is 13.8 Å². The zero-order chi connectivity index (χ0) is 22.5. The van der Waals surface area contributed by atoms with Crippen molar-refractivity contribution in [1.82, 2.24) is 0 Å². The fourth-order valence-electron chi connectivity index (χ4n) is 8.49. The van der Waals surface area contributed by atoms with Gasteiger partial charge in [-0.2, -0.15) is 0 Å². The molecule has 4 fully saturated rings. The quantitative estimate of drug-likeness (QED) is 0.299. The van der Waals surface area contributed by atoms with Crippen LogP contribution in [-0.4, -0.2) is 17.9 Å². The average Bonchev–Trinajstić information content (AvgIpc) is 3.10. The molecule has 0 amide bonds. The number of allylic oxidation sites excluding steroid dienone is 2. The van der Waals surface area contributed by atoms with Crippen molar-refractivity contribution < 1.29 is 14.3 Å². The van der Waals surface area contributed by atoms with Gasteiger partial charge in [0.2, 0.25) is 0 Å². The summed E-state index contributed by atoms with van der Waals surface area (Å²) in [5, 5.41) is 0. The number of esters is 1. The summed E-state index contributed by atoms with van der Waals surface area (Å²) in [5.41, 5.74) is 2.77. The Morgan fingerprint density at radius 3 is 2.50 bits per heavy atom. The van der Waals surface area contributed by atoms with Gasteiger partial charge >= 0.3 is 5.97 Å². The number of ether oxygens (including phenoxy) is 1. The first-order valence-electron chi connectivity index (χ1n) is 12.8. The van der Waals surface area contributed by atoms with E-state index in [1.807, 2.05) is 36.4 Å². The van der Waals surface area contributed by atoms with Crippen LogP contribution in [0.3, 0.4) is 0 Å². The fourth-order valence-corrected chi connectivity index (χ4v) is 8.49. The molecule has 0 heterocycles. The first-order valence-corrected chi connectivity index (χ1v) is 12.8. The van der Waals surface area contributed by atoms with Gasteiger partial charge in [-0.1, -0.05) is 49.8 Å². The molecule has 0 radical (unpaired) electrons. The molecule has 32 heavy (non-hydrogen) atoms. The van der Waals surface area contributed by atoms with Crippen molar-refractivity contribution >= 4 is 11.8 Å². The molecule has 5 rings (SSSR count). The number of hydrogen-bond donors (Lipinski definition) is 0. The monoisotopic (exact) mass is 434 g/mol. The Morgan fingerprint density at radius 1 is 0.969 bits per heavy atom. The molecule has 3 heteroatoms. The van der Waals surface area contributed by atoms with Gasteiger partial charge in [0.25, 0.3) is 0 Å². The SMILES string of the molecule is CC(=O)O[C@H]1CC[C@@]2(C)[C@@H](CC[C@@H]3[C@@H]2CC[C@]2(C)/C(=C/C(=O)c4ccccc4)CC[C@@H]32)C1. The second-order valence-electron chi connectivity index (χ2n) is 11.6. The van der Waals surface area contributed by atoms with E-state index in [0.717, 1.165) is 36.7 Å². The van der Waals surface area contributed by atoms with Crippen molar-refractivity contribution in [2.45, 2.75) is 84.7 Å². The summed E-state index contributed by atoms with van der Waals surface area (Å²) < 4.78 is 5.62. The summed E-state index contributed by atoms with van der Waals surface area (Å²) in [6.45, 7) is 6.54. The second kappa shape index (κ2) is 8.15. The molecule has 7 atom stereocenters. The first-order chi connectivity index (χ1) is 15.3. The minimum Gasteiger partial charge on any atom is -0.463 e. The molecule has 1 aromatic rings. The number of fused-ring (bicyclic) bond motifs is 5. The second-order valence-corrected chi connectivity index (χ2v) is 11.6. The Balaban J connectivity index is 1.35. The molecule has 4 aliphatic carbocycles. The van der Waals surface area contributed by atoms with E-state index >= 15 is 0 Å². The van der Waals surface area contributed by atoms with Crippen LogP contribution in [0.5, 0.6) is 0 Å². The topological polar surface area (TPSA) is 43.4 Å². The summed E-state index contributed by atoms with van der Waals surface area (Å²) in [7, 11) is 0. The summed E-state index contributed by atoms with van der Waals surface area (Å²) in [4.78, 5) is 24.4. The molecule has 0 unspecified atom stereocenters. The molecule has 172 valence electrons. The highest BCUT2D eigenvalue weighted by Crippen LogP contribution is 2.67. The summed E-state index contributed by atoms with van der Waals surface area (Å²) in [6.07, 6.45) is 12.8. The molecular formula is C29H38O3. The maximum atomic E-state index is 12.9. The van der Waals surface area contributed by atoms with E-state index in [0.29, 0.717) is 17.3 Å². The molecule has 0 saturated heterocycles. The van der Waals surface area contributed by atoms with Gasteiger partial charge in [0.15, 0.2) is 5.78 Å². The lowest BCUT2D eigenvalue weighted by molar-refractivity contribution is -0.158. The number of ketones is 1. The molecule has 4 aliphatic rings. The minimum absolute atomic E-state index is 0.126. The van der Waals surface area contributed by atoms with E-state index in [-0.39, 0.29) is 23.3 Å². The number of benzene rings is 1. The maximum absolute atomic E-state index is 12.9. The van der Waals surface area contributed by atoms with Gasteiger partial charge in [-0.3, -0.25) is 9.59 Å². The van der Waals surface area contributed by atoms with Crippen molar-refractivity contribution in [3.05, 3.63) is 47.5 Å². The van der Waals surface area contributed by atoms with Gasteiger partial charge in [0, 0.05) is 12.5 Å². The molecule has 1 aromatic carbocycles. The third-order valence-corrected chi connectivity index (χ3v) is 10.2. The van der Waals surface area contributed by atoms with Crippen molar-refractivity contribution in [2.24, 2.45) is 34.5 Å². The normalized spacial score (nSPS) is 42.0. The average molecular weight is 435 g/mol. The van der Waals surface area contributed by atoms with Crippen LogP contribution >= 0.6 is 0 Å². The predicted octanol–water partition coefficient (Wildman–Crippen LogP) is 6.77. The van der Waals surface area contributed by atoms with Gasteiger partial charge in [0.05, 0.1) is 0 Å². The van der Waals surface area contributed by atoms with Crippen LogP contribution in [0.25, 0.3) is 0 Å². The molecule has 0 N–H and O–H groups in total. The van der Waals surface area contributed by atoms with Crippen LogP contribution in [0.4, 0.5) is 0 Å². The number of carbonyl (C=O) groups is 2. The summed E-state index contributed by atoms with van der Waals surface area (Å²) in [5.74, 6) is 2.99. The lowest BCUT2D eigenvalue weighted by atomic mass is 9.45. The molecule has 0 bridgehead atoms. The third kappa shape index (κ3) is 3.56. The van der Waals surface area contributed by atoms with E-state index in [4.69, 9.17) is 4.74 Å². The third-order valence-electron chi connectivity index (χ3n) is 10.2. The van der Waals surface area contributed by atoms with Gasteiger partial charge in [-0.05, 0) is 98.4 Å². The van der Waals surface area contributed by atoms with E-state index in [9.17, 15) is 9.59 Å². The van der Waals surface area contributed by atoms with Crippen LogP contribution in [0.1, 0.15) is 88.9 Å². The molecular weight excluding hydrogens is 396 g/mol. The number of carbonyl (C=O) groups excluding carboxylic acids is 2. The zero-order valence-electron chi connectivity index (χ0n) is 19.9. The maximum Gasteiger partial charge on any atom is 0.302 e. The summed E-state index contributed by atoms with van der Waals surface area (Å²) >= 11 is 0. The van der Waals surface area contributed by atoms with Crippen molar-refractivity contribution in [1.29, 1.82) is 0 Å². The smallest absolute Gasteiger partial charge is 0.302 e. The van der Waals surface area contributed by atoms with E-state index in [1.54, 1.807) is 6.92 Å². The minimum atomic E-state index is -0.129. The number of hydrogen-bond acceptors (Lipinski definition) is 3. The summed E-state index contributed by atoms with van der Waals surface area (Å²) in [6, 6.07) is 9.73. The highest BCUT2D eigenvalue weighted by Gasteiger charge is 2.59. The van der Waals surface area contributed by atoms with Gasteiger partial charge in [-0.15, -0.1) is 0 Å². The van der Waals surface area contributed by atoms with Crippen LogP contribution in [-0.2, 0) is 9.53 Å². The van der Waals surface area contributed by atoms with Crippen LogP contribution in [0.15, 0.2) is 42.0 Å². The Kier molecular flexibility index (Phi) is 5.58. The lowest BCUT2D eigenvalue weighted by Crippen LogP contribution is -2.53. The Labute approximate surface area is 193 Å². The van der Waals surface area contributed by atoms with Crippen molar-refractivity contribution in [3.63, 3.8) is 0 Å². The fraction of sp³-hybridized carbons (Fsp3) is 0.655. The molecule has 0 spiro atoms. The van der Waals surface area contributed by atoms with Crippen molar-refractivity contribution in [3.8, 4) is 0 Å².